The molecule has 0 saturated carbocycles. The quantitative estimate of drug-likeness (QED) is 0.562. The number of morpholine rings is 1. The van der Waals surface area contributed by atoms with Crippen LogP contribution >= 0.6 is 0 Å². The van der Waals surface area contributed by atoms with E-state index in [0.29, 0.717) is 18.3 Å². The molecule has 0 bridgehead atoms. The first-order valence-corrected chi connectivity index (χ1v) is 9.94. The van der Waals surface area contributed by atoms with Gasteiger partial charge in [-0.2, -0.15) is 0 Å². The van der Waals surface area contributed by atoms with Gasteiger partial charge in [0.05, 0.1) is 19.3 Å². The molecule has 3 rings (SSSR count). The van der Waals surface area contributed by atoms with Crippen LogP contribution in [0.3, 0.4) is 0 Å². The summed E-state index contributed by atoms with van der Waals surface area (Å²) in [7, 11) is 0. The highest BCUT2D eigenvalue weighted by Gasteiger charge is 2.32. The first kappa shape index (κ1) is 19.9. The van der Waals surface area contributed by atoms with Crippen LogP contribution in [0.4, 0.5) is 4.39 Å². The maximum absolute atomic E-state index is 13.2. The molecule has 6 nitrogen and oxygen atoms in total. The lowest BCUT2D eigenvalue weighted by Crippen LogP contribution is -2.51. The molecule has 2 fully saturated rings. The van der Waals surface area contributed by atoms with Crippen molar-refractivity contribution in [3.63, 3.8) is 0 Å². The minimum atomic E-state index is -0.300. The predicted octanol–water partition coefficient (Wildman–Crippen LogP) is 2.01. The number of ether oxygens (including phenoxy) is 2. The molecule has 0 aromatic heterocycles. The topological polar surface area (TPSA) is 58.1 Å². The van der Waals surface area contributed by atoms with Crippen LogP contribution in [-0.4, -0.2) is 68.4 Å². The van der Waals surface area contributed by atoms with E-state index in [-0.39, 0.29) is 18.0 Å². The molecule has 27 heavy (non-hydrogen) atoms. The summed E-state index contributed by atoms with van der Waals surface area (Å²) < 4.78 is 25.0. The van der Waals surface area contributed by atoms with Crippen LogP contribution in [0.2, 0.25) is 0 Å². The summed E-state index contributed by atoms with van der Waals surface area (Å²) in [6.45, 7) is 8.96. The Kier molecular flexibility index (Phi) is 7.29. The zero-order valence-electron chi connectivity index (χ0n) is 16.3. The summed E-state index contributed by atoms with van der Waals surface area (Å²) in [6, 6.07) is 6.79. The predicted molar refractivity (Wildman–Crippen MR) is 105 cm³/mol. The summed E-state index contributed by atoms with van der Waals surface area (Å²) >= 11 is 0. The van der Waals surface area contributed by atoms with Crippen LogP contribution in [0.15, 0.2) is 29.3 Å². The summed E-state index contributed by atoms with van der Waals surface area (Å²) in [5.41, 5.74) is 0. The molecule has 1 aromatic carbocycles. The van der Waals surface area contributed by atoms with Crippen molar-refractivity contribution < 1.29 is 13.9 Å². The first-order valence-electron chi connectivity index (χ1n) is 9.94. The first-order chi connectivity index (χ1) is 13.1. The lowest BCUT2D eigenvalue weighted by atomic mass is 10.2. The van der Waals surface area contributed by atoms with E-state index in [4.69, 9.17) is 9.47 Å². The highest BCUT2D eigenvalue weighted by molar-refractivity contribution is 5.79. The molecular weight excluding hydrogens is 347 g/mol. The van der Waals surface area contributed by atoms with Crippen molar-refractivity contribution in [1.29, 1.82) is 0 Å². The number of benzene rings is 1. The van der Waals surface area contributed by atoms with Crippen molar-refractivity contribution in [3.05, 3.63) is 30.1 Å². The van der Waals surface area contributed by atoms with Crippen LogP contribution in [0.25, 0.3) is 0 Å². The zero-order chi connectivity index (χ0) is 19.1. The van der Waals surface area contributed by atoms with Gasteiger partial charge in [-0.1, -0.05) is 6.07 Å². The Bertz CT molecular complexity index is 628. The van der Waals surface area contributed by atoms with Crippen molar-refractivity contribution in [2.45, 2.75) is 44.9 Å². The molecule has 1 aromatic rings. The average Bonchev–Trinajstić information content (AvgIpc) is 3.12. The van der Waals surface area contributed by atoms with E-state index in [1.807, 2.05) is 13.8 Å². The van der Waals surface area contributed by atoms with Gasteiger partial charge >= 0.3 is 0 Å². The van der Waals surface area contributed by atoms with Gasteiger partial charge < -0.3 is 20.1 Å². The minimum Gasteiger partial charge on any atom is -0.489 e. The van der Waals surface area contributed by atoms with Crippen molar-refractivity contribution in [2.75, 3.05) is 39.3 Å². The maximum Gasteiger partial charge on any atom is 0.191 e. The maximum atomic E-state index is 13.2. The van der Waals surface area contributed by atoms with E-state index < -0.39 is 0 Å². The second-order valence-electron chi connectivity index (χ2n) is 7.23. The molecule has 0 spiro atoms. The number of hydrogen-bond donors (Lipinski definition) is 2. The number of nitrogens with one attached hydrogen (secondary N) is 2. The highest BCUT2D eigenvalue weighted by Crippen LogP contribution is 2.22. The number of rotatable bonds is 7. The van der Waals surface area contributed by atoms with Gasteiger partial charge in [-0.05, 0) is 45.4 Å². The smallest absolute Gasteiger partial charge is 0.191 e. The fourth-order valence-electron chi connectivity index (χ4n) is 3.59. The number of hydrogen-bond acceptors (Lipinski definition) is 4. The third-order valence-electron chi connectivity index (χ3n) is 4.94. The lowest BCUT2D eigenvalue weighted by Gasteiger charge is -2.35. The summed E-state index contributed by atoms with van der Waals surface area (Å²) in [4.78, 5) is 7.13. The number of halogens is 1. The van der Waals surface area contributed by atoms with E-state index in [2.05, 4.69) is 20.5 Å². The standard InChI is InChI=1S/C20H31FN4O2/c1-3-22-20(23-11-15(2)27-18-8-4-6-16(21)10-18)24-12-19-13-25-9-5-7-17(25)14-26-19/h4,6,8,10,15,17,19H,3,5,7,9,11-14H2,1-2H3,(H2,22,23,24). The number of aliphatic imine (C=N–C) groups is 1. The minimum absolute atomic E-state index is 0.154. The molecule has 7 heteroatoms. The Morgan fingerprint density at radius 1 is 1.44 bits per heavy atom. The average molecular weight is 378 g/mol. The van der Waals surface area contributed by atoms with Crippen LogP contribution in [0.5, 0.6) is 5.75 Å². The Labute approximate surface area is 161 Å². The lowest BCUT2D eigenvalue weighted by molar-refractivity contribution is -0.0453. The zero-order valence-corrected chi connectivity index (χ0v) is 16.3. The molecule has 150 valence electrons. The molecule has 3 atom stereocenters. The summed E-state index contributed by atoms with van der Waals surface area (Å²) in [5, 5.41) is 6.62. The van der Waals surface area contributed by atoms with Crippen LogP contribution in [0.1, 0.15) is 26.7 Å². The van der Waals surface area contributed by atoms with Crippen molar-refractivity contribution in [3.8, 4) is 5.75 Å². The molecule has 2 aliphatic rings. The van der Waals surface area contributed by atoms with Gasteiger partial charge in [0.1, 0.15) is 17.7 Å². The van der Waals surface area contributed by atoms with E-state index in [1.165, 1.54) is 31.5 Å². The molecule has 0 aliphatic carbocycles. The van der Waals surface area contributed by atoms with Gasteiger partial charge in [0.25, 0.3) is 0 Å². The highest BCUT2D eigenvalue weighted by atomic mass is 19.1. The normalized spacial score (nSPS) is 24.3. The molecule has 3 unspecified atom stereocenters. The van der Waals surface area contributed by atoms with Crippen molar-refractivity contribution in [2.24, 2.45) is 4.99 Å². The second kappa shape index (κ2) is 9.90. The Balaban J connectivity index is 1.45. The van der Waals surface area contributed by atoms with Gasteiger partial charge in [-0.3, -0.25) is 4.90 Å². The molecule has 0 amide bonds. The monoisotopic (exact) mass is 378 g/mol. The third-order valence-corrected chi connectivity index (χ3v) is 4.94. The van der Waals surface area contributed by atoms with Crippen LogP contribution in [-0.2, 0) is 4.74 Å². The second-order valence-corrected chi connectivity index (χ2v) is 7.23. The SMILES string of the molecule is CCNC(=NCC(C)Oc1cccc(F)c1)NCC1CN2CCCC2CO1. The summed E-state index contributed by atoms with van der Waals surface area (Å²) in [6.07, 6.45) is 2.57. The fraction of sp³-hybridized carbons (Fsp3) is 0.650. The molecule has 2 N–H and O–H groups in total. The van der Waals surface area contributed by atoms with Gasteiger partial charge in [0.15, 0.2) is 5.96 Å². The Morgan fingerprint density at radius 3 is 3.15 bits per heavy atom. The fourth-order valence-corrected chi connectivity index (χ4v) is 3.59. The Morgan fingerprint density at radius 2 is 2.33 bits per heavy atom. The van der Waals surface area contributed by atoms with E-state index in [0.717, 1.165) is 32.2 Å². The van der Waals surface area contributed by atoms with Gasteiger partial charge in [0.2, 0.25) is 0 Å². The van der Waals surface area contributed by atoms with Gasteiger partial charge in [-0.25, -0.2) is 9.38 Å². The molecular formula is C20H31FN4O2. The van der Waals surface area contributed by atoms with Crippen molar-refractivity contribution in [1.82, 2.24) is 15.5 Å². The number of guanidine groups is 1. The van der Waals surface area contributed by atoms with Crippen molar-refractivity contribution >= 4 is 5.96 Å². The molecule has 2 aliphatic heterocycles. The van der Waals surface area contributed by atoms with Gasteiger partial charge in [0, 0.05) is 31.7 Å². The number of nitrogens with zero attached hydrogens (tertiary/aromatic N) is 2. The molecule has 0 radical (unpaired) electrons. The molecule has 2 saturated heterocycles. The van der Waals surface area contributed by atoms with E-state index >= 15 is 0 Å². The Hall–Kier alpha value is -1.86. The molecule has 2 heterocycles. The third kappa shape index (κ3) is 6.07. The van der Waals surface area contributed by atoms with Gasteiger partial charge in [-0.15, -0.1) is 0 Å². The van der Waals surface area contributed by atoms with Crippen LogP contribution < -0.4 is 15.4 Å². The summed E-state index contributed by atoms with van der Waals surface area (Å²) in [5.74, 6) is 0.969. The van der Waals surface area contributed by atoms with E-state index in [9.17, 15) is 4.39 Å². The van der Waals surface area contributed by atoms with Crippen LogP contribution in [0, 0.1) is 5.82 Å². The largest absolute Gasteiger partial charge is 0.489 e. The van der Waals surface area contributed by atoms with E-state index in [1.54, 1.807) is 12.1 Å². The number of fused-ring (bicyclic) bond motifs is 1.